The molecule has 2 aliphatic carbocycles. The van der Waals surface area contributed by atoms with Crippen LogP contribution in [-0.2, 0) is 20.3 Å². The lowest BCUT2D eigenvalue weighted by Gasteiger charge is -2.65. The Hall–Kier alpha value is -2.90. The molecule has 11 aliphatic rings. The van der Waals surface area contributed by atoms with Crippen LogP contribution in [0.3, 0.4) is 0 Å². The molecule has 0 N–H and O–H groups in total. The first-order chi connectivity index (χ1) is 23.2. The van der Waals surface area contributed by atoms with Crippen LogP contribution in [0, 0.1) is 23.7 Å². The van der Waals surface area contributed by atoms with Crippen molar-refractivity contribution >= 4 is 11.4 Å². The smallest absolute Gasteiger partial charge is 0.136 e. The number of para-hydroxylation sites is 2. The van der Waals surface area contributed by atoms with Crippen molar-refractivity contribution in [3.63, 3.8) is 0 Å². The van der Waals surface area contributed by atoms with Gasteiger partial charge in [0.25, 0.3) is 0 Å². The Labute approximate surface area is 277 Å². The summed E-state index contributed by atoms with van der Waals surface area (Å²) >= 11 is 0. The highest BCUT2D eigenvalue weighted by atomic mass is 16.5. The number of nitrogens with zero attached hydrogens (tertiary/aromatic N) is 4. The van der Waals surface area contributed by atoms with Crippen LogP contribution in [0.4, 0.5) is 11.4 Å². The van der Waals surface area contributed by atoms with Gasteiger partial charge in [-0.25, -0.2) is 0 Å². The van der Waals surface area contributed by atoms with Gasteiger partial charge in [0.2, 0.25) is 0 Å². The first-order valence-corrected chi connectivity index (χ1v) is 18.8. The highest BCUT2D eigenvalue weighted by Gasteiger charge is 2.79. The topological polar surface area (TPSA) is 28.2 Å². The van der Waals surface area contributed by atoms with Crippen molar-refractivity contribution < 1.29 is 14.0 Å². The summed E-state index contributed by atoms with van der Waals surface area (Å²) < 4.78 is 16.1. The molecule has 1 unspecified atom stereocenters. The average Bonchev–Trinajstić information content (AvgIpc) is 3.73. The fourth-order valence-corrected chi connectivity index (χ4v) is 15.4. The largest absolute Gasteiger partial charge is 0.354 e. The van der Waals surface area contributed by atoms with E-state index in [1.807, 2.05) is 0 Å². The fraction of sp³-hybridized carbons (Fsp3) is 0.561. The molecular formula is C41H45N4O2+. The second kappa shape index (κ2) is 8.27. The normalized spacial score (nSPS) is 49.6. The molecule has 240 valence electrons. The summed E-state index contributed by atoms with van der Waals surface area (Å²) in [6.07, 6.45) is 12.5. The van der Waals surface area contributed by atoms with Crippen molar-refractivity contribution in [1.82, 2.24) is 4.90 Å². The van der Waals surface area contributed by atoms with Crippen LogP contribution in [0.25, 0.3) is 0 Å². The second-order valence-electron chi connectivity index (χ2n) is 17.2. The standard InChI is InChI=1S/C41H45N4O2/c1-2-16-45-17-14-41-29-8-4-6-10-31(29)44-37(41)35-27(21-33(41)45)25(23-45)12-19-47-39(35)43-30-9-5-3-7-28(30)40-13-15-42-22-24-11-18-46-38(44)34(36(40)43)26(24)20-32(40)42/h2-12,26-27,32-39H,1,13-23H2/q+1/t26-,27-,32-,33-,34+,35+,36-,37-,38+,39+,40+,41+,45?/m0/s1. The Morgan fingerprint density at radius 2 is 1.47 bits per heavy atom. The van der Waals surface area contributed by atoms with Gasteiger partial charge in [-0.3, -0.25) is 4.90 Å². The number of anilines is 2. The molecule has 7 fully saturated rings. The van der Waals surface area contributed by atoms with Gasteiger partial charge in [0.05, 0.1) is 43.8 Å². The minimum Gasteiger partial charge on any atom is -0.354 e. The summed E-state index contributed by atoms with van der Waals surface area (Å²) in [5.41, 5.74) is 9.76. The lowest BCUT2D eigenvalue weighted by atomic mass is 9.52. The van der Waals surface area contributed by atoms with Crippen LogP contribution < -0.4 is 9.80 Å². The van der Waals surface area contributed by atoms with Crippen molar-refractivity contribution in [1.29, 1.82) is 0 Å². The van der Waals surface area contributed by atoms with Gasteiger partial charge >= 0.3 is 0 Å². The molecule has 13 atom stereocenters. The highest BCUT2D eigenvalue weighted by molar-refractivity contribution is 5.72. The zero-order chi connectivity index (χ0) is 30.4. The molecule has 2 aromatic carbocycles. The third kappa shape index (κ3) is 2.61. The first-order valence-electron chi connectivity index (χ1n) is 18.8. The summed E-state index contributed by atoms with van der Waals surface area (Å²) in [4.78, 5) is 8.80. The predicted molar refractivity (Wildman–Crippen MR) is 181 cm³/mol. The lowest BCUT2D eigenvalue weighted by Crippen LogP contribution is -2.77. The maximum atomic E-state index is 7.45. The SMILES string of the molecule is C=CC[N+]12CC[C@@]34c5ccccc5N5[C@@H]6OCC=C7CN8CC[C@]9%10c%11ccccc%11N([C@@H]%11OCC=C(C1)[C@H](C[C@@H]32)[C@@H]%11[C@H]54)[C@H]9[C@H]6[C@H]7C[C@H]8%10. The van der Waals surface area contributed by atoms with Crippen LogP contribution >= 0.6 is 0 Å². The molecule has 2 saturated carbocycles. The molecular weight excluding hydrogens is 580 g/mol. The molecule has 2 spiro atoms. The van der Waals surface area contributed by atoms with Crippen molar-refractivity contribution in [2.75, 3.05) is 55.7 Å². The van der Waals surface area contributed by atoms with E-state index in [4.69, 9.17) is 9.47 Å². The molecule has 47 heavy (non-hydrogen) atoms. The highest BCUT2D eigenvalue weighted by Crippen LogP contribution is 2.71. The summed E-state index contributed by atoms with van der Waals surface area (Å²) in [5, 5.41) is 0. The zero-order valence-corrected chi connectivity index (χ0v) is 27.2. The van der Waals surface area contributed by atoms with E-state index in [9.17, 15) is 0 Å². The van der Waals surface area contributed by atoms with Gasteiger partial charge in [-0.05, 0) is 60.2 Å². The molecule has 2 aromatic rings. The van der Waals surface area contributed by atoms with Crippen LogP contribution in [-0.4, -0.2) is 91.9 Å². The number of benzene rings is 2. The first kappa shape index (κ1) is 26.0. The number of rotatable bonds is 2. The van der Waals surface area contributed by atoms with Crippen molar-refractivity contribution in [3.8, 4) is 0 Å². The summed E-state index contributed by atoms with van der Waals surface area (Å²) in [6, 6.07) is 21.3. The van der Waals surface area contributed by atoms with Crippen molar-refractivity contribution in [2.24, 2.45) is 23.7 Å². The second-order valence-corrected chi connectivity index (χ2v) is 17.2. The Balaban J connectivity index is 1.13. The minimum absolute atomic E-state index is 0.0587. The van der Waals surface area contributed by atoms with Gasteiger partial charge in [-0.15, -0.1) is 0 Å². The van der Waals surface area contributed by atoms with Crippen LogP contribution in [0.2, 0.25) is 0 Å². The quantitative estimate of drug-likeness (QED) is 0.348. The number of piperidine rings is 2. The van der Waals surface area contributed by atoms with Gasteiger partial charge in [0.1, 0.15) is 25.0 Å². The van der Waals surface area contributed by atoms with Gasteiger partial charge in [0.15, 0.2) is 0 Å². The van der Waals surface area contributed by atoms with E-state index in [2.05, 4.69) is 88.0 Å². The summed E-state index contributed by atoms with van der Waals surface area (Å²) in [7, 11) is 0. The molecule has 4 bridgehead atoms. The third-order valence-corrected chi connectivity index (χ3v) is 16.5. The predicted octanol–water partition coefficient (Wildman–Crippen LogP) is 4.97. The summed E-state index contributed by atoms with van der Waals surface area (Å²) in [5.74, 6) is 1.88. The minimum atomic E-state index is 0.0587. The number of hydrogen-bond acceptors (Lipinski definition) is 5. The van der Waals surface area contributed by atoms with E-state index in [1.54, 1.807) is 22.3 Å². The van der Waals surface area contributed by atoms with Crippen molar-refractivity contribution in [3.05, 3.63) is 95.6 Å². The molecule has 9 heterocycles. The molecule has 13 rings (SSSR count). The Morgan fingerprint density at radius 3 is 2.21 bits per heavy atom. The maximum Gasteiger partial charge on any atom is 0.136 e. The molecule has 0 radical (unpaired) electrons. The van der Waals surface area contributed by atoms with Crippen LogP contribution in [0.15, 0.2) is 84.5 Å². The molecule has 6 heteroatoms. The maximum absolute atomic E-state index is 7.45. The van der Waals surface area contributed by atoms with E-state index in [0.29, 0.717) is 47.8 Å². The number of fused-ring (bicyclic) bond motifs is 6. The Morgan fingerprint density at radius 1 is 0.809 bits per heavy atom. The van der Waals surface area contributed by atoms with E-state index < -0.39 is 0 Å². The zero-order valence-electron chi connectivity index (χ0n) is 27.2. The van der Waals surface area contributed by atoms with Crippen molar-refractivity contribution in [2.45, 2.75) is 73.1 Å². The summed E-state index contributed by atoms with van der Waals surface area (Å²) in [6.45, 7) is 11.6. The lowest BCUT2D eigenvalue weighted by molar-refractivity contribution is -0.937. The van der Waals surface area contributed by atoms with Gasteiger partial charge in [-0.2, -0.15) is 0 Å². The molecule has 0 amide bonds. The van der Waals surface area contributed by atoms with E-state index in [1.165, 1.54) is 61.2 Å². The number of hydrogen-bond donors (Lipinski definition) is 0. The molecule has 0 aromatic heterocycles. The average molecular weight is 626 g/mol. The van der Waals surface area contributed by atoms with Gasteiger partial charge in [-0.1, -0.05) is 60.7 Å². The number of quaternary nitrogens is 1. The molecule has 6 nitrogen and oxygen atoms in total. The fourth-order valence-electron chi connectivity index (χ4n) is 15.4. The monoisotopic (exact) mass is 625 g/mol. The van der Waals surface area contributed by atoms with E-state index in [-0.39, 0.29) is 23.3 Å². The van der Waals surface area contributed by atoms with E-state index >= 15 is 0 Å². The van der Waals surface area contributed by atoms with Gasteiger partial charge in [0, 0.05) is 60.0 Å². The molecule has 9 aliphatic heterocycles. The third-order valence-electron chi connectivity index (χ3n) is 16.5. The van der Waals surface area contributed by atoms with E-state index in [0.717, 1.165) is 26.3 Å². The molecule has 5 saturated heterocycles. The Kier molecular flexibility index (Phi) is 4.58. The van der Waals surface area contributed by atoms with Crippen LogP contribution in [0.1, 0.15) is 36.8 Å². The Bertz CT molecular complexity index is 1850. The van der Waals surface area contributed by atoms with Gasteiger partial charge < -0.3 is 23.8 Å². The number of ether oxygens (including phenoxy) is 2. The van der Waals surface area contributed by atoms with Crippen LogP contribution in [0.5, 0.6) is 0 Å².